The molecule has 0 unspecified atom stereocenters. The predicted molar refractivity (Wildman–Crippen MR) is 69.5 cm³/mol. The van der Waals surface area contributed by atoms with Gasteiger partial charge in [0.05, 0.1) is 17.5 Å². The van der Waals surface area contributed by atoms with E-state index in [0.29, 0.717) is 5.75 Å². The van der Waals surface area contributed by atoms with E-state index in [4.69, 9.17) is 9.84 Å². The summed E-state index contributed by atoms with van der Waals surface area (Å²) in [7, 11) is 0. The second kappa shape index (κ2) is 7.00. The molecule has 1 aromatic rings. The first kappa shape index (κ1) is 14.5. The summed E-state index contributed by atoms with van der Waals surface area (Å²) in [6.07, 6.45) is 0.110. The van der Waals surface area contributed by atoms with E-state index in [0.717, 1.165) is 4.47 Å². The third-order valence-corrected chi connectivity index (χ3v) is 2.83. The lowest BCUT2D eigenvalue weighted by molar-refractivity contribution is -0.141. The summed E-state index contributed by atoms with van der Waals surface area (Å²) in [6, 6.07) is 6.41. The Morgan fingerprint density at radius 1 is 1.44 bits per heavy atom. The van der Waals surface area contributed by atoms with E-state index in [2.05, 4.69) is 21.2 Å². The molecular weight excluding hydrogens is 302 g/mol. The highest BCUT2D eigenvalue weighted by molar-refractivity contribution is 9.10. The van der Waals surface area contributed by atoms with Crippen LogP contribution in [0.25, 0.3) is 0 Å². The Morgan fingerprint density at radius 3 is 2.72 bits per heavy atom. The van der Waals surface area contributed by atoms with Gasteiger partial charge in [-0.2, -0.15) is 0 Å². The van der Waals surface area contributed by atoms with Crippen molar-refractivity contribution >= 4 is 27.8 Å². The Hall–Kier alpha value is -1.56. The highest BCUT2D eigenvalue weighted by Gasteiger charge is 2.13. The molecule has 0 aliphatic carbocycles. The molecule has 0 bridgehead atoms. The van der Waals surface area contributed by atoms with Crippen LogP contribution >= 0.6 is 15.9 Å². The molecule has 0 saturated heterocycles. The van der Waals surface area contributed by atoms with Crippen molar-refractivity contribution in [3.8, 4) is 5.75 Å². The molecule has 1 atom stereocenters. The molecule has 1 rings (SSSR count). The van der Waals surface area contributed by atoms with Gasteiger partial charge < -0.3 is 15.2 Å². The molecule has 2 N–H and O–H groups in total. The average Bonchev–Trinajstić information content (AvgIpc) is 2.31. The van der Waals surface area contributed by atoms with Crippen molar-refractivity contribution in [1.82, 2.24) is 5.32 Å². The van der Waals surface area contributed by atoms with Gasteiger partial charge in [0.15, 0.2) is 0 Å². The van der Waals surface area contributed by atoms with E-state index < -0.39 is 12.0 Å². The number of benzene rings is 1. The van der Waals surface area contributed by atoms with Crippen LogP contribution in [0.1, 0.15) is 13.3 Å². The molecule has 0 heterocycles. The molecule has 1 aromatic carbocycles. The van der Waals surface area contributed by atoms with Crippen molar-refractivity contribution in [3.63, 3.8) is 0 Å². The zero-order chi connectivity index (χ0) is 13.5. The Bertz CT molecular complexity index is 436. The monoisotopic (exact) mass is 315 g/mol. The summed E-state index contributed by atoms with van der Waals surface area (Å²) in [4.78, 5) is 21.9. The van der Waals surface area contributed by atoms with Crippen LogP contribution in [0.5, 0.6) is 5.75 Å². The topological polar surface area (TPSA) is 75.6 Å². The van der Waals surface area contributed by atoms with Crippen LogP contribution in [0, 0.1) is 0 Å². The fourth-order valence-corrected chi connectivity index (χ4v) is 1.59. The number of aliphatic carboxylic acids is 1. The van der Waals surface area contributed by atoms with E-state index >= 15 is 0 Å². The Balaban J connectivity index is 2.32. The van der Waals surface area contributed by atoms with Crippen LogP contribution < -0.4 is 10.1 Å². The lowest BCUT2D eigenvalue weighted by atomic mass is 10.3. The van der Waals surface area contributed by atoms with Gasteiger partial charge in [-0.1, -0.05) is 12.1 Å². The van der Waals surface area contributed by atoms with E-state index in [9.17, 15) is 9.59 Å². The van der Waals surface area contributed by atoms with Gasteiger partial charge in [-0.3, -0.25) is 9.59 Å². The minimum absolute atomic E-state index is 0.110. The van der Waals surface area contributed by atoms with Gasteiger partial charge in [0.1, 0.15) is 11.8 Å². The quantitative estimate of drug-likeness (QED) is 0.839. The summed E-state index contributed by atoms with van der Waals surface area (Å²) in [6.45, 7) is 1.61. The Morgan fingerprint density at radius 2 is 2.11 bits per heavy atom. The van der Waals surface area contributed by atoms with Crippen LogP contribution in [0.4, 0.5) is 0 Å². The van der Waals surface area contributed by atoms with Crippen LogP contribution in [-0.4, -0.2) is 29.6 Å². The van der Waals surface area contributed by atoms with Gasteiger partial charge in [0.2, 0.25) is 5.91 Å². The molecule has 1 amide bonds. The van der Waals surface area contributed by atoms with Crippen molar-refractivity contribution < 1.29 is 19.4 Å². The molecule has 5 nitrogen and oxygen atoms in total. The van der Waals surface area contributed by atoms with Crippen LogP contribution in [-0.2, 0) is 9.59 Å². The number of para-hydroxylation sites is 1. The zero-order valence-electron chi connectivity index (χ0n) is 9.85. The second-order valence-electron chi connectivity index (χ2n) is 3.66. The van der Waals surface area contributed by atoms with Gasteiger partial charge in [0, 0.05) is 0 Å². The summed E-state index contributed by atoms with van der Waals surface area (Å²) in [5.41, 5.74) is 0. The number of rotatable bonds is 6. The number of carbonyl (C=O) groups excluding carboxylic acids is 1. The van der Waals surface area contributed by atoms with Crippen molar-refractivity contribution in [2.45, 2.75) is 19.4 Å². The van der Waals surface area contributed by atoms with E-state index in [-0.39, 0.29) is 18.9 Å². The average molecular weight is 316 g/mol. The number of hydrogen-bond acceptors (Lipinski definition) is 3. The lowest BCUT2D eigenvalue weighted by Gasteiger charge is -2.10. The molecule has 6 heteroatoms. The SMILES string of the molecule is C[C@@H](NC(=O)CCOc1ccccc1Br)C(=O)O. The van der Waals surface area contributed by atoms with Crippen LogP contribution in [0.15, 0.2) is 28.7 Å². The van der Waals surface area contributed by atoms with Gasteiger partial charge >= 0.3 is 5.97 Å². The zero-order valence-corrected chi connectivity index (χ0v) is 11.4. The number of halogens is 1. The summed E-state index contributed by atoms with van der Waals surface area (Å²) < 4.78 is 6.20. The molecular formula is C12H14BrNO4. The maximum Gasteiger partial charge on any atom is 0.325 e. The summed E-state index contributed by atoms with van der Waals surface area (Å²) in [5.74, 6) is -0.761. The Labute approximate surface area is 113 Å². The molecule has 98 valence electrons. The summed E-state index contributed by atoms with van der Waals surface area (Å²) in [5, 5.41) is 11.0. The van der Waals surface area contributed by atoms with E-state index in [1.165, 1.54) is 6.92 Å². The van der Waals surface area contributed by atoms with Crippen molar-refractivity contribution in [2.24, 2.45) is 0 Å². The number of hydrogen-bond donors (Lipinski definition) is 2. The molecule has 18 heavy (non-hydrogen) atoms. The van der Waals surface area contributed by atoms with Gasteiger partial charge in [-0.05, 0) is 35.0 Å². The largest absolute Gasteiger partial charge is 0.492 e. The van der Waals surface area contributed by atoms with Crippen molar-refractivity contribution in [2.75, 3.05) is 6.61 Å². The third kappa shape index (κ3) is 4.75. The first-order chi connectivity index (χ1) is 8.50. The van der Waals surface area contributed by atoms with Crippen molar-refractivity contribution in [1.29, 1.82) is 0 Å². The molecule has 0 saturated carbocycles. The number of amides is 1. The first-order valence-corrected chi connectivity index (χ1v) is 6.19. The standard InChI is InChI=1S/C12H14BrNO4/c1-8(12(16)17)14-11(15)6-7-18-10-5-3-2-4-9(10)13/h2-5,8H,6-7H2,1H3,(H,14,15)(H,16,17)/t8-/m1/s1. The smallest absolute Gasteiger partial charge is 0.325 e. The van der Waals surface area contributed by atoms with Crippen LogP contribution in [0.3, 0.4) is 0 Å². The highest BCUT2D eigenvalue weighted by atomic mass is 79.9. The number of nitrogens with one attached hydrogen (secondary N) is 1. The van der Waals surface area contributed by atoms with Gasteiger partial charge in [-0.25, -0.2) is 0 Å². The first-order valence-electron chi connectivity index (χ1n) is 5.40. The van der Waals surface area contributed by atoms with E-state index in [1.807, 2.05) is 18.2 Å². The number of carboxylic acids is 1. The minimum atomic E-state index is -1.06. The number of carbonyl (C=O) groups is 2. The van der Waals surface area contributed by atoms with Gasteiger partial charge in [0.25, 0.3) is 0 Å². The molecule has 0 fully saturated rings. The molecule has 0 radical (unpaired) electrons. The minimum Gasteiger partial charge on any atom is -0.492 e. The molecule has 0 aromatic heterocycles. The molecule has 0 aliphatic rings. The van der Waals surface area contributed by atoms with E-state index in [1.54, 1.807) is 6.07 Å². The van der Waals surface area contributed by atoms with Crippen molar-refractivity contribution in [3.05, 3.63) is 28.7 Å². The maximum atomic E-state index is 11.4. The number of ether oxygens (including phenoxy) is 1. The third-order valence-electron chi connectivity index (χ3n) is 2.17. The fraction of sp³-hybridized carbons (Fsp3) is 0.333. The van der Waals surface area contributed by atoms with Crippen LogP contribution in [0.2, 0.25) is 0 Å². The molecule has 0 spiro atoms. The normalized spacial score (nSPS) is 11.7. The lowest BCUT2D eigenvalue weighted by Crippen LogP contribution is -2.38. The molecule has 0 aliphatic heterocycles. The predicted octanol–water partition coefficient (Wildman–Crippen LogP) is 1.81. The maximum absolute atomic E-state index is 11.4. The highest BCUT2D eigenvalue weighted by Crippen LogP contribution is 2.23. The Kier molecular flexibility index (Phi) is 5.64. The fourth-order valence-electron chi connectivity index (χ4n) is 1.19. The van der Waals surface area contributed by atoms with Gasteiger partial charge in [-0.15, -0.1) is 0 Å². The second-order valence-corrected chi connectivity index (χ2v) is 4.51. The summed E-state index contributed by atoms with van der Waals surface area (Å²) >= 11 is 3.32. The number of carboxylic acid groups (broad SMARTS) is 1.